The van der Waals surface area contributed by atoms with Crippen molar-refractivity contribution in [2.75, 3.05) is 46.4 Å². The fourth-order valence-electron chi connectivity index (χ4n) is 18.0. The van der Waals surface area contributed by atoms with Crippen molar-refractivity contribution in [2.24, 2.45) is 74.6 Å². The number of aliphatic hydroxyl groups is 2. The molecule has 1 spiro atoms. The minimum atomic E-state index is -0.478. The summed E-state index contributed by atoms with van der Waals surface area (Å²) >= 11 is 0. The number of fused-ring (bicyclic) bond motifs is 13. The number of carbonyl (C=O) groups excluding carboxylic acids is 2. The number of aliphatic hydroxyl groups excluding tert-OH is 2. The molecule has 9 aliphatic rings. The number of aliphatic imine (C=N–C) groups is 1. The third kappa shape index (κ3) is 14.0. The van der Waals surface area contributed by atoms with Crippen LogP contribution in [0.3, 0.4) is 0 Å². The van der Waals surface area contributed by atoms with E-state index in [0.29, 0.717) is 103 Å². The van der Waals surface area contributed by atoms with Crippen LogP contribution in [0.1, 0.15) is 125 Å². The lowest BCUT2D eigenvalue weighted by Gasteiger charge is -2.55. The van der Waals surface area contributed by atoms with Gasteiger partial charge in [-0.1, -0.05) is 72.7 Å². The van der Waals surface area contributed by atoms with Crippen LogP contribution in [0.2, 0.25) is 0 Å². The number of ether oxygens (including phenoxy) is 1. The van der Waals surface area contributed by atoms with Gasteiger partial charge in [0.15, 0.2) is 17.3 Å². The highest BCUT2D eigenvalue weighted by atomic mass is 16.5. The number of hydrogen-bond acceptors (Lipinski definition) is 14. The van der Waals surface area contributed by atoms with E-state index in [1.807, 2.05) is 25.3 Å². The number of rotatable bonds is 12. The predicted octanol–water partition coefficient (Wildman–Crippen LogP) is 7.95. The number of guanidine groups is 1. The van der Waals surface area contributed by atoms with E-state index < -0.39 is 18.9 Å². The Morgan fingerprint density at radius 3 is 2.61 bits per heavy atom. The lowest BCUT2D eigenvalue weighted by Crippen LogP contribution is -2.57. The van der Waals surface area contributed by atoms with Crippen molar-refractivity contribution in [1.29, 1.82) is 0 Å². The molecule has 85 heavy (non-hydrogen) atoms. The first-order valence-electron chi connectivity index (χ1n) is 32.2. The Kier molecular flexibility index (Phi) is 19.5. The van der Waals surface area contributed by atoms with Gasteiger partial charge >= 0.3 is 0 Å². The third-order valence-corrected chi connectivity index (χ3v) is 21.5. The highest BCUT2D eigenvalue weighted by Crippen LogP contribution is 2.70. The molecule has 454 valence electrons. The number of phenols is 1. The van der Waals surface area contributed by atoms with E-state index in [0.717, 1.165) is 107 Å². The zero-order valence-corrected chi connectivity index (χ0v) is 50.3. The molecule has 12 N–H and O–H groups in total. The molecule has 12 rings (SSSR count). The largest absolute Gasteiger partial charge is 0.504 e. The van der Waals surface area contributed by atoms with Crippen molar-refractivity contribution in [1.82, 2.24) is 26.6 Å². The van der Waals surface area contributed by atoms with E-state index in [1.54, 1.807) is 12.1 Å². The van der Waals surface area contributed by atoms with Crippen LogP contribution in [0, 0.1) is 70.1 Å². The molecule has 3 aromatic rings. The highest BCUT2D eigenvalue weighted by molar-refractivity contribution is 6.08. The van der Waals surface area contributed by atoms with Gasteiger partial charge < -0.3 is 58.1 Å². The lowest BCUT2D eigenvalue weighted by molar-refractivity contribution is -0.126. The molecule has 14 atom stereocenters. The molecule has 1 saturated heterocycles. The van der Waals surface area contributed by atoms with E-state index in [9.17, 15) is 24.9 Å². The molecule has 14 heteroatoms. The van der Waals surface area contributed by atoms with Crippen molar-refractivity contribution < 1.29 is 29.6 Å². The van der Waals surface area contributed by atoms with Crippen LogP contribution in [0.4, 0.5) is 0 Å². The number of Topliss-reactive ketones (excluding diaryl/α,β-unsaturated/α-hetero) is 1. The first kappa shape index (κ1) is 60.6. The van der Waals surface area contributed by atoms with Gasteiger partial charge in [-0.2, -0.15) is 4.99 Å². The van der Waals surface area contributed by atoms with Gasteiger partial charge in [0.1, 0.15) is 5.78 Å². The number of aryl methyl sites for hydroxylation is 2. The second kappa shape index (κ2) is 27.3. The van der Waals surface area contributed by atoms with Crippen LogP contribution >= 0.6 is 0 Å². The fraction of sp³-hybridized carbons (Fsp3) is 0.563. The van der Waals surface area contributed by atoms with Crippen LogP contribution in [-0.4, -0.2) is 104 Å². The zero-order valence-electron chi connectivity index (χ0n) is 50.3. The normalized spacial score (nSPS) is 32.9. The van der Waals surface area contributed by atoms with Gasteiger partial charge in [0.2, 0.25) is 5.96 Å². The topological polar surface area (TPSA) is 229 Å². The number of piperidine rings is 1. The van der Waals surface area contributed by atoms with Crippen molar-refractivity contribution >= 4 is 23.1 Å². The Hall–Kier alpha value is -6.05. The van der Waals surface area contributed by atoms with Crippen LogP contribution in [-0.2, 0) is 35.3 Å². The van der Waals surface area contributed by atoms with Crippen LogP contribution in [0.15, 0.2) is 113 Å². The summed E-state index contributed by atoms with van der Waals surface area (Å²) < 4.78 is 5.64. The smallest absolute Gasteiger partial charge is 0.202 e. The molecule has 4 aliphatic carbocycles. The maximum atomic E-state index is 14.6. The Bertz CT molecular complexity index is 3090. The summed E-state index contributed by atoms with van der Waals surface area (Å²) in [5.41, 5.74) is 20.5. The number of nitrogens with two attached hydrogens (primary N) is 2. The number of benzene rings is 3. The monoisotopic (exact) mass is 1150 g/mol. The van der Waals surface area contributed by atoms with E-state index in [-0.39, 0.29) is 58.2 Å². The highest BCUT2D eigenvalue weighted by Gasteiger charge is 2.65. The number of ketones is 2. The van der Waals surface area contributed by atoms with Crippen LogP contribution in [0.5, 0.6) is 11.5 Å². The number of nitrogens with zero attached hydrogens (tertiary/aromatic N) is 1. The molecule has 5 aliphatic heterocycles. The summed E-state index contributed by atoms with van der Waals surface area (Å²) in [7, 11) is 1.48. The molecule has 5 fully saturated rings. The maximum Gasteiger partial charge on any atom is 0.202 e. The molecule has 3 aromatic carbocycles. The summed E-state index contributed by atoms with van der Waals surface area (Å²) in [5, 5.41) is 52.0. The molecular weight excluding hydrogens is 1060 g/mol. The fourth-order valence-corrected chi connectivity index (χ4v) is 18.0. The minimum absolute atomic E-state index is 0.0196. The first-order valence-corrected chi connectivity index (χ1v) is 32.2. The van der Waals surface area contributed by atoms with E-state index in [1.165, 1.54) is 37.2 Å². The lowest BCUT2D eigenvalue weighted by atomic mass is 9.52. The molecule has 5 bridgehead atoms. The summed E-state index contributed by atoms with van der Waals surface area (Å²) in [5.74, 6) is 6.61. The first-order chi connectivity index (χ1) is 41.3. The molecule has 5 heterocycles. The molecule has 14 nitrogen and oxygen atoms in total. The van der Waals surface area contributed by atoms with Gasteiger partial charge in [0.05, 0.1) is 32.4 Å². The molecule has 0 radical (unpaired) electrons. The summed E-state index contributed by atoms with van der Waals surface area (Å²) in [4.78, 5) is 33.5. The van der Waals surface area contributed by atoms with Crippen molar-refractivity contribution in [3.63, 3.8) is 0 Å². The number of dihydropyridines is 1. The van der Waals surface area contributed by atoms with Crippen molar-refractivity contribution in [3.05, 3.63) is 136 Å². The third-order valence-electron chi connectivity index (χ3n) is 21.5. The van der Waals surface area contributed by atoms with Crippen LogP contribution in [0.25, 0.3) is 5.57 Å². The standard InChI is InChI=1S/C71H94N8O6/c1-45(81)41-78-66-40-70(39-62-59-21-25-74-42-54(59)30-52-14-8-23-75-68(52)62)37-50-17-18-65(70)71(66)22-19-48(38-71)20-26-77-69(73)76-24-7-13-51(28-49-12-6-11-47(27-49)16-15-46-9-4-3-5-10-46)61-36-67(72)79-43-55(61)31-53-33-63(84)64(85-2)35-60(53)56(44-80)32-58(83)34-57(82)29-50/h3-6,8-12,14,27,32-33,35-36,43,45,48,50-52,54,59,62,65-68,74-75,78-81,84H,13,15-23,25-26,28-31,34,37-42,44,72H2,1-2H3,(H3,73,76,77). The van der Waals surface area contributed by atoms with Gasteiger partial charge in [-0.3, -0.25) is 9.59 Å². The second-order valence-electron chi connectivity index (χ2n) is 26.9. The number of hydrogen-bond donors (Lipinski definition) is 10. The minimum Gasteiger partial charge on any atom is -0.504 e. The van der Waals surface area contributed by atoms with Gasteiger partial charge in [0.25, 0.3) is 0 Å². The van der Waals surface area contributed by atoms with Crippen LogP contribution < -0.4 is 42.8 Å². The Balaban J connectivity index is 0.928. The van der Waals surface area contributed by atoms with Gasteiger partial charge in [-0.15, -0.1) is 0 Å². The quantitative estimate of drug-likeness (QED) is 0.0473. The number of phenolic OH excluding ortho intramolecular Hbond substituents is 1. The number of nitrogens with one attached hydrogen (secondary N) is 5. The second-order valence-corrected chi connectivity index (χ2v) is 26.9. The van der Waals surface area contributed by atoms with Crippen molar-refractivity contribution in [3.8, 4) is 23.5 Å². The Morgan fingerprint density at radius 1 is 0.941 bits per heavy atom. The summed E-state index contributed by atoms with van der Waals surface area (Å²) in [6.45, 7) is 5.67. The molecule has 0 aromatic heterocycles. The number of carbonyl (C=O) groups is 2. The Labute approximate surface area is 504 Å². The number of methoxy groups -OCH3 is 1. The SMILES string of the molecule is COc1cc2c(cc1O)CC1=CNC(N)C=C1C(Cc1cccc(CCc3ccccc3)c1)CC#CN=C(N)NCCC1CCC3(C1)C(NCC(C)O)CC1(CC4C5CCNCC5CC5C=CCNC54)CC(CCC13)CC(=O)CC(=O)C=C2CO. The van der Waals surface area contributed by atoms with Gasteiger partial charge in [0, 0.05) is 56.8 Å². The maximum absolute atomic E-state index is 14.6. The summed E-state index contributed by atoms with van der Waals surface area (Å²) in [6, 6.07) is 26.3. The molecule has 0 amide bonds. The van der Waals surface area contributed by atoms with E-state index in [4.69, 9.17) is 16.2 Å². The van der Waals surface area contributed by atoms with E-state index >= 15 is 0 Å². The molecule has 14 unspecified atom stereocenters. The van der Waals surface area contributed by atoms with Crippen molar-refractivity contribution in [2.45, 2.75) is 147 Å². The summed E-state index contributed by atoms with van der Waals surface area (Å²) in [6.07, 6.45) is 24.4. The van der Waals surface area contributed by atoms with Gasteiger partial charge in [-0.05, 0) is 243 Å². The van der Waals surface area contributed by atoms with Gasteiger partial charge in [-0.25, -0.2) is 0 Å². The number of allylic oxidation sites excluding steroid dienone is 3. The number of aromatic hydroxyl groups is 1. The Morgan fingerprint density at radius 2 is 1.78 bits per heavy atom. The zero-order chi connectivity index (χ0) is 59.1. The predicted molar refractivity (Wildman–Crippen MR) is 337 cm³/mol. The molecular formula is C71H94N8O6. The molecule has 4 saturated carbocycles. The average molecular weight is 1160 g/mol. The van der Waals surface area contributed by atoms with E-state index in [2.05, 4.69) is 104 Å². The average Bonchev–Trinajstić information content (AvgIpc) is 1.64.